The van der Waals surface area contributed by atoms with E-state index in [4.69, 9.17) is 4.74 Å². The number of benzene rings is 1. The van der Waals surface area contributed by atoms with Gasteiger partial charge in [-0.25, -0.2) is 9.59 Å². The minimum absolute atomic E-state index is 0.185. The van der Waals surface area contributed by atoms with Crippen molar-refractivity contribution in [1.29, 1.82) is 0 Å². The maximum absolute atomic E-state index is 12.3. The number of urea groups is 1. The normalized spacial score (nSPS) is 18.5. The predicted molar refractivity (Wildman–Crippen MR) is 73.9 cm³/mol. The molecule has 1 aliphatic rings. The van der Waals surface area contributed by atoms with Gasteiger partial charge < -0.3 is 15.2 Å². The third-order valence-electron chi connectivity index (χ3n) is 3.27. The van der Waals surface area contributed by atoms with E-state index in [9.17, 15) is 14.7 Å². The highest BCUT2D eigenvalue weighted by Gasteiger charge is 2.38. The van der Waals surface area contributed by atoms with Gasteiger partial charge in [-0.05, 0) is 18.6 Å². The molecule has 2 amide bonds. The van der Waals surface area contributed by atoms with Crippen LogP contribution >= 0.6 is 0 Å². The number of anilines is 1. The van der Waals surface area contributed by atoms with E-state index >= 15 is 0 Å². The van der Waals surface area contributed by atoms with Crippen molar-refractivity contribution in [3.63, 3.8) is 0 Å². The number of nitrogens with one attached hydrogen (secondary N) is 1. The van der Waals surface area contributed by atoms with Crippen molar-refractivity contribution >= 4 is 17.7 Å². The van der Waals surface area contributed by atoms with Gasteiger partial charge in [0.05, 0.1) is 12.6 Å². The number of carboxylic acids is 1. The molecule has 0 saturated carbocycles. The Labute approximate surface area is 117 Å². The zero-order chi connectivity index (χ0) is 14.7. The molecule has 0 bridgehead atoms. The number of hydrogen-bond donors (Lipinski definition) is 2. The number of rotatable bonds is 4. The Bertz CT molecular complexity index is 518. The average Bonchev–Trinajstić information content (AvgIpc) is 2.78. The Morgan fingerprint density at radius 2 is 2.20 bits per heavy atom. The topological polar surface area (TPSA) is 78.9 Å². The van der Waals surface area contributed by atoms with Crippen molar-refractivity contribution in [3.8, 4) is 0 Å². The van der Waals surface area contributed by atoms with Crippen LogP contribution in [0, 0.1) is 0 Å². The number of aliphatic carboxylic acids is 1. The van der Waals surface area contributed by atoms with Gasteiger partial charge in [0.1, 0.15) is 6.04 Å². The third kappa shape index (κ3) is 2.75. The van der Waals surface area contributed by atoms with Gasteiger partial charge in [0.2, 0.25) is 0 Å². The van der Waals surface area contributed by atoms with Crippen LogP contribution in [-0.2, 0) is 16.0 Å². The van der Waals surface area contributed by atoms with Crippen molar-refractivity contribution < 1.29 is 19.4 Å². The van der Waals surface area contributed by atoms with Crippen molar-refractivity contribution in [1.82, 2.24) is 5.32 Å². The molecule has 1 heterocycles. The first-order valence-corrected chi connectivity index (χ1v) is 6.44. The van der Waals surface area contributed by atoms with Crippen LogP contribution in [0.5, 0.6) is 0 Å². The Kier molecular flexibility index (Phi) is 4.24. The van der Waals surface area contributed by atoms with Crippen LogP contribution in [0.15, 0.2) is 24.3 Å². The molecule has 6 nitrogen and oxygen atoms in total. The molecule has 1 aromatic carbocycles. The van der Waals surface area contributed by atoms with Crippen molar-refractivity contribution in [2.45, 2.75) is 25.4 Å². The molecule has 1 aromatic rings. The van der Waals surface area contributed by atoms with Crippen LogP contribution in [0.2, 0.25) is 0 Å². The van der Waals surface area contributed by atoms with E-state index in [-0.39, 0.29) is 6.04 Å². The molecule has 2 N–H and O–H groups in total. The molecule has 1 aliphatic heterocycles. The highest BCUT2D eigenvalue weighted by Crippen LogP contribution is 2.32. The lowest BCUT2D eigenvalue weighted by Crippen LogP contribution is -2.50. The molecule has 0 saturated heterocycles. The van der Waals surface area contributed by atoms with Gasteiger partial charge in [-0.15, -0.1) is 0 Å². The van der Waals surface area contributed by atoms with Gasteiger partial charge >= 0.3 is 12.0 Å². The SMILES string of the molecule is COCC(C)NC(=O)N1c2ccccc2CC1C(=O)O. The van der Waals surface area contributed by atoms with E-state index in [0.29, 0.717) is 18.7 Å². The number of methoxy groups -OCH3 is 1. The molecule has 2 rings (SSSR count). The molecular weight excluding hydrogens is 260 g/mol. The van der Waals surface area contributed by atoms with Gasteiger partial charge in [0.25, 0.3) is 0 Å². The van der Waals surface area contributed by atoms with Crippen LogP contribution in [0.4, 0.5) is 10.5 Å². The summed E-state index contributed by atoms with van der Waals surface area (Å²) in [6, 6.07) is 5.79. The first-order valence-electron chi connectivity index (χ1n) is 6.44. The lowest BCUT2D eigenvalue weighted by molar-refractivity contribution is -0.138. The summed E-state index contributed by atoms with van der Waals surface area (Å²) in [5.41, 5.74) is 1.52. The Morgan fingerprint density at radius 3 is 2.85 bits per heavy atom. The molecule has 6 heteroatoms. The van der Waals surface area contributed by atoms with Crippen molar-refractivity contribution in [2.24, 2.45) is 0 Å². The monoisotopic (exact) mass is 278 g/mol. The fraction of sp³-hybridized carbons (Fsp3) is 0.429. The number of amides is 2. The summed E-state index contributed by atoms with van der Waals surface area (Å²) in [5.74, 6) is -1.00. The molecule has 0 radical (unpaired) electrons. The number of para-hydroxylation sites is 1. The second kappa shape index (κ2) is 5.92. The van der Waals surface area contributed by atoms with Gasteiger partial charge in [-0.3, -0.25) is 4.90 Å². The first kappa shape index (κ1) is 14.3. The van der Waals surface area contributed by atoms with Crippen molar-refractivity contribution in [2.75, 3.05) is 18.6 Å². The smallest absolute Gasteiger partial charge is 0.327 e. The lowest BCUT2D eigenvalue weighted by atomic mass is 10.1. The highest BCUT2D eigenvalue weighted by molar-refractivity contribution is 6.01. The molecule has 2 unspecified atom stereocenters. The Morgan fingerprint density at radius 1 is 1.50 bits per heavy atom. The largest absolute Gasteiger partial charge is 0.480 e. The number of carbonyl (C=O) groups is 2. The summed E-state index contributed by atoms with van der Waals surface area (Å²) in [4.78, 5) is 25.0. The van der Waals surface area contributed by atoms with E-state index in [2.05, 4.69) is 5.32 Å². The maximum atomic E-state index is 12.3. The lowest BCUT2D eigenvalue weighted by Gasteiger charge is -2.25. The Hall–Kier alpha value is -2.08. The second-order valence-corrected chi connectivity index (χ2v) is 4.86. The van der Waals surface area contributed by atoms with E-state index in [1.165, 1.54) is 4.90 Å². The Balaban J connectivity index is 2.22. The first-order chi connectivity index (χ1) is 9.54. The molecule has 0 aliphatic carbocycles. The van der Waals surface area contributed by atoms with Gasteiger partial charge in [0.15, 0.2) is 0 Å². The molecule has 0 aromatic heterocycles. The van der Waals surface area contributed by atoms with Gasteiger partial charge in [-0.2, -0.15) is 0 Å². The summed E-state index contributed by atoms with van der Waals surface area (Å²) in [7, 11) is 1.55. The summed E-state index contributed by atoms with van der Waals surface area (Å²) >= 11 is 0. The minimum Gasteiger partial charge on any atom is -0.480 e. The number of fused-ring (bicyclic) bond motifs is 1. The van der Waals surface area contributed by atoms with Gasteiger partial charge in [0, 0.05) is 19.2 Å². The van der Waals surface area contributed by atoms with Crippen LogP contribution in [-0.4, -0.2) is 42.9 Å². The fourth-order valence-electron chi connectivity index (χ4n) is 2.41. The summed E-state index contributed by atoms with van der Waals surface area (Å²) < 4.78 is 4.96. The third-order valence-corrected chi connectivity index (χ3v) is 3.27. The average molecular weight is 278 g/mol. The molecule has 0 spiro atoms. The van der Waals surface area contributed by atoms with E-state index in [1.54, 1.807) is 26.2 Å². The molecule has 2 atom stereocenters. The zero-order valence-corrected chi connectivity index (χ0v) is 11.5. The summed E-state index contributed by atoms with van der Waals surface area (Å²) in [6.45, 7) is 2.18. The van der Waals surface area contributed by atoms with Crippen molar-refractivity contribution in [3.05, 3.63) is 29.8 Å². The van der Waals surface area contributed by atoms with E-state index < -0.39 is 18.0 Å². The second-order valence-electron chi connectivity index (χ2n) is 4.86. The summed E-state index contributed by atoms with van der Waals surface area (Å²) in [6.07, 6.45) is 0.331. The number of carbonyl (C=O) groups excluding carboxylic acids is 1. The number of carboxylic acid groups (broad SMARTS) is 1. The zero-order valence-electron chi connectivity index (χ0n) is 11.5. The quantitative estimate of drug-likeness (QED) is 0.868. The van der Waals surface area contributed by atoms with Crippen LogP contribution in [0.1, 0.15) is 12.5 Å². The van der Waals surface area contributed by atoms with Crippen LogP contribution < -0.4 is 10.2 Å². The highest BCUT2D eigenvalue weighted by atomic mass is 16.5. The van der Waals surface area contributed by atoms with E-state index in [1.807, 2.05) is 12.1 Å². The van der Waals surface area contributed by atoms with E-state index in [0.717, 1.165) is 5.56 Å². The number of ether oxygens (including phenoxy) is 1. The molecule has 20 heavy (non-hydrogen) atoms. The fourth-order valence-corrected chi connectivity index (χ4v) is 2.41. The molecule has 108 valence electrons. The minimum atomic E-state index is -1.00. The standard InChI is InChI=1S/C14H18N2O4/c1-9(8-20-2)15-14(19)16-11-6-4-3-5-10(11)7-12(16)13(17)18/h3-6,9,12H,7-8H2,1-2H3,(H,15,19)(H,17,18). The summed E-state index contributed by atoms with van der Waals surface area (Å²) in [5, 5.41) is 12.0. The van der Waals surface area contributed by atoms with Crippen LogP contribution in [0.3, 0.4) is 0 Å². The number of nitrogens with zero attached hydrogens (tertiary/aromatic N) is 1. The number of hydrogen-bond acceptors (Lipinski definition) is 3. The molecule has 0 fully saturated rings. The van der Waals surface area contributed by atoms with Gasteiger partial charge in [-0.1, -0.05) is 18.2 Å². The predicted octanol–water partition coefficient (Wildman–Crippen LogP) is 1.25. The van der Waals surface area contributed by atoms with Crippen LogP contribution in [0.25, 0.3) is 0 Å². The maximum Gasteiger partial charge on any atom is 0.327 e. The molecular formula is C14H18N2O4.